The molecule has 2 heterocycles. The van der Waals surface area contributed by atoms with Gasteiger partial charge >= 0.3 is 5.97 Å². The zero-order chi connectivity index (χ0) is 29.9. The van der Waals surface area contributed by atoms with E-state index in [0.29, 0.717) is 64.2 Å². The highest BCUT2D eigenvalue weighted by Crippen LogP contribution is 2.15. The Kier molecular flexibility index (Phi) is 16.4. The Morgan fingerprint density at radius 2 is 1.29 bits per heavy atom. The summed E-state index contributed by atoms with van der Waals surface area (Å²) in [5, 5.41) is 2.96. The summed E-state index contributed by atoms with van der Waals surface area (Å²) in [6, 6.07) is -1.15. The molecule has 0 aromatic carbocycles. The van der Waals surface area contributed by atoms with Gasteiger partial charge in [0.15, 0.2) is 0 Å². The Morgan fingerprint density at radius 1 is 0.780 bits per heavy atom. The molecule has 5 amide bonds. The van der Waals surface area contributed by atoms with Crippen LogP contribution >= 0.6 is 0 Å². The molecule has 1 fully saturated rings. The van der Waals surface area contributed by atoms with E-state index in [2.05, 4.69) is 5.32 Å². The number of hydroxylamine groups is 2. The van der Waals surface area contributed by atoms with E-state index >= 15 is 0 Å². The molecule has 0 radical (unpaired) electrons. The number of nitrogens with one attached hydrogen (secondary N) is 1. The van der Waals surface area contributed by atoms with Crippen molar-refractivity contribution < 1.29 is 57.3 Å². The first-order chi connectivity index (χ1) is 19.8. The molecule has 0 unspecified atom stereocenters. The Labute approximate surface area is 238 Å². The number of imide groups is 2. The molecular weight excluding hydrogens is 546 g/mol. The molecule has 1 saturated heterocycles. The van der Waals surface area contributed by atoms with E-state index in [0.717, 1.165) is 4.90 Å². The van der Waals surface area contributed by atoms with Gasteiger partial charge < -0.3 is 33.8 Å². The van der Waals surface area contributed by atoms with Crippen LogP contribution in [-0.4, -0.2) is 125 Å². The second kappa shape index (κ2) is 19.8. The number of hydrogen-bond acceptors (Lipinski definition) is 12. The lowest BCUT2D eigenvalue weighted by Gasteiger charge is -2.20. The van der Waals surface area contributed by atoms with Crippen LogP contribution in [0.25, 0.3) is 0 Å². The molecule has 1 atom stereocenters. The van der Waals surface area contributed by atoms with E-state index in [9.17, 15) is 28.8 Å². The van der Waals surface area contributed by atoms with Crippen LogP contribution in [0.15, 0.2) is 12.2 Å². The normalized spacial score (nSPS) is 15.7. The van der Waals surface area contributed by atoms with Crippen LogP contribution in [0.2, 0.25) is 0 Å². The molecule has 15 nitrogen and oxygen atoms in total. The number of hydrogen-bond donors (Lipinski definition) is 1. The summed E-state index contributed by atoms with van der Waals surface area (Å²) >= 11 is 0. The van der Waals surface area contributed by atoms with Gasteiger partial charge in [0.25, 0.3) is 23.6 Å². The maximum Gasteiger partial charge on any atom is 0.355 e. The maximum absolute atomic E-state index is 12.7. The monoisotopic (exact) mass is 585 g/mol. The molecule has 0 bridgehead atoms. The third-order valence-electron chi connectivity index (χ3n) is 5.85. The molecule has 230 valence electrons. The Hall–Kier alpha value is -3.24. The number of ether oxygens (including phenoxy) is 5. The maximum atomic E-state index is 12.7. The van der Waals surface area contributed by atoms with Crippen molar-refractivity contribution in [3.05, 3.63) is 12.2 Å². The molecule has 1 N–H and O–H groups in total. The third-order valence-corrected chi connectivity index (χ3v) is 5.85. The molecule has 0 saturated carbocycles. The van der Waals surface area contributed by atoms with Crippen molar-refractivity contribution in [2.45, 2.75) is 44.6 Å². The number of amides is 5. The number of rotatable bonds is 23. The van der Waals surface area contributed by atoms with Crippen LogP contribution in [0.1, 0.15) is 38.5 Å². The smallest absolute Gasteiger partial charge is 0.355 e. The SMILES string of the molecule is COCCOCCOCCOCCOCCC(=O)N[C@@H](CCCCN1C(=O)C=CC1=O)C(=O)ON1C(=O)CCC1=O. The van der Waals surface area contributed by atoms with Crippen LogP contribution in [0.3, 0.4) is 0 Å². The van der Waals surface area contributed by atoms with Crippen molar-refractivity contribution in [1.29, 1.82) is 0 Å². The molecular formula is C26H39N3O12. The average Bonchev–Trinajstić information content (AvgIpc) is 3.44. The standard InChI is InChI=1S/C26H39N3O12/c1-36-12-13-38-16-17-40-19-18-39-15-14-37-11-9-21(30)27-20(26(35)41-29-24(33)7-8-25(29)34)4-2-3-10-28-22(31)5-6-23(28)32/h5-6,20H,2-4,7-19H2,1H3,(H,27,30)/t20-/m0/s1. The van der Waals surface area contributed by atoms with Crippen LogP contribution in [-0.2, 0) is 57.3 Å². The summed E-state index contributed by atoms with van der Waals surface area (Å²) in [5.74, 6) is -3.56. The van der Waals surface area contributed by atoms with E-state index in [-0.39, 0.29) is 45.4 Å². The fourth-order valence-electron chi connectivity index (χ4n) is 3.67. The van der Waals surface area contributed by atoms with Crippen molar-refractivity contribution in [2.75, 3.05) is 73.1 Å². The summed E-state index contributed by atoms with van der Waals surface area (Å²) in [6.45, 7) is 3.53. The molecule has 41 heavy (non-hydrogen) atoms. The summed E-state index contributed by atoms with van der Waals surface area (Å²) < 4.78 is 26.3. The predicted octanol–water partition coefficient (Wildman–Crippen LogP) is -0.723. The summed E-state index contributed by atoms with van der Waals surface area (Å²) in [7, 11) is 1.60. The first kappa shape index (κ1) is 34.0. The Bertz CT molecular complexity index is 891. The van der Waals surface area contributed by atoms with E-state index in [4.69, 9.17) is 28.5 Å². The lowest BCUT2D eigenvalue weighted by molar-refractivity contribution is -0.199. The van der Waals surface area contributed by atoms with Gasteiger partial charge in [-0.1, -0.05) is 0 Å². The minimum atomic E-state index is -1.15. The molecule has 2 aliphatic heterocycles. The van der Waals surface area contributed by atoms with Gasteiger partial charge in [0.2, 0.25) is 5.91 Å². The van der Waals surface area contributed by atoms with E-state index < -0.39 is 41.5 Å². The largest absolute Gasteiger partial charge is 0.382 e. The van der Waals surface area contributed by atoms with Crippen LogP contribution in [0.5, 0.6) is 0 Å². The summed E-state index contributed by atoms with van der Waals surface area (Å²) in [5.41, 5.74) is 0. The number of carbonyl (C=O) groups is 6. The van der Waals surface area contributed by atoms with E-state index in [1.54, 1.807) is 7.11 Å². The lowest BCUT2D eigenvalue weighted by atomic mass is 10.1. The van der Waals surface area contributed by atoms with Gasteiger partial charge in [0.05, 0.1) is 59.5 Å². The lowest BCUT2D eigenvalue weighted by Crippen LogP contribution is -2.45. The summed E-state index contributed by atoms with van der Waals surface area (Å²) in [4.78, 5) is 78.2. The molecule has 2 rings (SSSR count). The van der Waals surface area contributed by atoms with E-state index in [1.165, 1.54) is 12.2 Å². The number of unbranched alkanes of at least 4 members (excludes halogenated alkanes) is 1. The summed E-state index contributed by atoms with van der Waals surface area (Å²) in [6.07, 6.45) is 2.99. The highest BCUT2D eigenvalue weighted by Gasteiger charge is 2.35. The predicted molar refractivity (Wildman–Crippen MR) is 139 cm³/mol. The number of methoxy groups -OCH3 is 1. The molecule has 0 aliphatic carbocycles. The first-order valence-electron chi connectivity index (χ1n) is 13.5. The second-order valence-electron chi connectivity index (χ2n) is 8.96. The number of nitrogens with zero attached hydrogens (tertiary/aromatic N) is 2. The second-order valence-corrected chi connectivity index (χ2v) is 8.96. The van der Waals surface area contributed by atoms with Gasteiger partial charge in [0, 0.05) is 45.1 Å². The van der Waals surface area contributed by atoms with Gasteiger partial charge in [-0.2, -0.15) is 0 Å². The van der Waals surface area contributed by atoms with Gasteiger partial charge in [-0.15, -0.1) is 5.06 Å². The zero-order valence-electron chi connectivity index (χ0n) is 23.3. The van der Waals surface area contributed by atoms with Gasteiger partial charge in [0.1, 0.15) is 6.04 Å². The Morgan fingerprint density at radius 3 is 1.83 bits per heavy atom. The Balaban J connectivity index is 1.64. The van der Waals surface area contributed by atoms with Gasteiger partial charge in [-0.25, -0.2) is 4.79 Å². The fraction of sp³-hybridized carbons (Fsp3) is 0.692. The minimum absolute atomic E-state index is 0.0556. The van der Waals surface area contributed by atoms with Crippen molar-refractivity contribution in [2.24, 2.45) is 0 Å². The van der Waals surface area contributed by atoms with Crippen molar-refractivity contribution in [3.8, 4) is 0 Å². The highest BCUT2D eigenvalue weighted by molar-refractivity contribution is 6.12. The van der Waals surface area contributed by atoms with Gasteiger partial charge in [-0.3, -0.25) is 28.9 Å². The fourth-order valence-corrected chi connectivity index (χ4v) is 3.67. The number of carbonyl (C=O) groups excluding carboxylic acids is 6. The quantitative estimate of drug-likeness (QED) is 0.118. The molecule has 0 spiro atoms. The third kappa shape index (κ3) is 13.3. The minimum Gasteiger partial charge on any atom is -0.382 e. The van der Waals surface area contributed by atoms with Crippen LogP contribution in [0.4, 0.5) is 0 Å². The molecule has 0 aromatic heterocycles. The zero-order valence-corrected chi connectivity index (χ0v) is 23.3. The van der Waals surface area contributed by atoms with Crippen molar-refractivity contribution in [3.63, 3.8) is 0 Å². The van der Waals surface area contributed by atoms with Crippen LogP contribution < -0.4 is 5.32 Å². The van der Waals surface area contributed by atoms with Crippen molar-refractivity contribution >= 4 is 35.5 Å². The molecule has 2 aliphatic rings. The molecule has 0 aromatic rings. The average molecular weight is 586 g/mol. The molecule has 15 heteroatoms. The topological polar surface area (TPSA) is 176 Å². The van der Waals surface area contributed by atoms with Crippen LogP contribution in [0, 0.1) is 0 Å². The highest BCUT2D eigenvalue weighted by atomic mass is 16.7. The van der Waals surface area contributed by atoms with Gasteiger partial charge in [-0.05, 0) is 19.3 Å². The first-order valence-corrected chi connectivity index (χ1v) is 13.5. The van der Waals surface area contributed by atoms with Crippen molar-refractivity contribution in [1.82, 2.24) is 15.3 Å². The van der Waals surface area contributed by atoms with E-state index in [1.807, 2.05) is 0 Å².